The first-order valence-electron chi connectivity index (χ1n) is 17.8. The third-order valence-corrected chi connectivity index (χ3v) is 14.4. The molecule has 246 valence electrons. The number of likely N-dealkylation sites (N-methyl/N-ethyl adjacent to an activating group) is 1. The molecule has 8 atom stereocenters. The molecular weight excluding hydrogens is 596 g/mol. The highest BCUT2D eigenvalue weighted by Gasteiger charge is 2.74. The largest absolute Gasteiger partial charge is 0.504 e. The number of aromatic hydroxyl groups is 2. The van der Waals surface area contributed by atoms with Crippen LogP contribution in [0.3, 0.4) is 0 Å². The average molecular weight is 639 g/mol. The van der Waals surface area contributed by atoms with Crippen molar-refractivity contribution in [3.8, 4) is 23.0 Å². The van der Waals surface area contributed by atoms with Crippen LogP contribution in [-0.4, -0.2) is 104 Å². The molecule has 0 unspecified atom stereocenters. The van der Waals surface area contributed by atoms with Crippen molar-refractivity contribution in [2.75, 3.05) is 26.7 Å². The third kappa shape index (κ3) is 3.06. The van der Waals surface area contributed by atoms with Crippen LogP contribution in [0.4, 0.5) is 0 Å². The van der Waals surface area contributed by atoms with Crippen LogP contribution in [0, 0.1) is 5.92 Å². The number of ether oxygens (including phenoxy) is 2. The highest BCUT2D eigenvalue weighted by atomic mass is 16.5. The van der Waals surface area contributed by atoms with Crippen molar-refractivity contribution in [3.05, 3.63) is 46.5 Å². The summed E-state index contributed by atoms with van der Waals surface area (Å²) in [6.45, 7) is 2.74. The van der Waals surface area contributed by atoms with Crippen molar-refractivity contribution >= 4 is 11.4 Å². The standard InChI is InChI=1S/C37H42N4O6/c1-40-14-12-34-28-20-4-6-24(42)30(28)46-32(34)22(8-10-36(34,44)26(40)16-20)38-39-23-9-11-37(45)27-17-21-5-7-25(43)31-29(21)35(37,33(23)47-31)13-15-41(27)18-19-2-3-19/h4-7,19,26-27,32-33,42-45H,2-3,8-18H2,1H3/b38-22+,39-23+/t26-,27-,32-,33+,34+,35+,36-,37-/m1/s1. The van der Waals surface area contributed by atoms with Crippen molar-refractivity contribution in [3.63, 3.8) is 0 Å². The summed E-state index contributed by atoms with van der Waals surface area (Å²) >= 11 is 0. The van der Waals surface area contributed by atoms with E-state index in [1.54, 1.807) is 12.1 Å². The lowest BCUT2D eigenvalue weighted by molar-refractivity contribution is -0.166. The zero-order chi connectivity index (χ0) is 31.7. The molecule has 0 radical (unpaired) electrons. The van der Waals surface area contributed by atoms with Crippen LogP contribution in [0.25, 0.3) is 0 Å². The number of piperidine rings is 2. The van der Waals surface area contributed by atoms with Crippen LogP contribution in [0.1, 0.15) is 73.6 Å². The van der Waals surface area contributed by atoms with E-state index >= 15 is 0 Å². The van der Waals surface area contributed by atoms with E-state index in [1.165, 1.54) is 12.8 Å². The lowest BCUT2D eigenvalue weighted by Crippen LogP contribution is -2.76. The molecule has 4 aliphatic heterocycles. The van der Waals surface area contributed by atoms with Gasteiger partial charge in [0.2, 0.25) is 0 Å². The lowest BCUT2D eigenvalue weighted by Gasteiger charge is -2.63. The molecule has 4 heterocycles. The van der Waals surface area contributed by atoms with Crippen LogP contribution in [-0.2, 0) is 23.7 Å². The maximum atomic E-state index is 12.8. The molecule has 0 amide bonds. The number of benzene rings is 2. The van der Waals surface area contributed by atoms with Gasteiger partial charge < -0.3 is 34.8 Å². The molecular formula is C37H42N4O6. The quantitative estimate of drug-likeness (QED) is 0.378. The predicted molar refractivity (Wildman–Crippen MR) is 173 cm³/mol. The predicted octanol–water partition coefficient (Wildman–Crippen LogP) is 2.94. The summed E-state index contributed by atoms with van der Waals surface area (Å²) in [5.41, 5.74) is 2.44. The van der Waals surface area contributed by atoms with E-state index < -0.39 is 34.2 Å². The smallest absolute Gasteiger partial charge is 0.166 e. The highest BCUT2D eigenvalue weighted by molar-refractivity contribution is 5.97. The SMILES string of the molecule is CN1CC[C@]23c4c5ccc(O)c4O[C@@H]2/C(=N/N=C2\CC[C@@]4(O)[C@H]6Cc7ccc(O)c8c7[C@@]4(CCN6CC4CC4)[C@H]2O8)CC[C@@]3(O)[C@H]1C5. The maximum Gasteiger partial charge on any atom is 0.166 e. The molecule has 4 bridgehead atoms. The normalized spacial score (nSPS) is 43.8. The first kappa shape index (κ1) is 27.7. The first-order valence-corrected chi connectivity index (χ1v) is 17.8. The van der Waals surface area contributed by atoms with Gasteiger partial charge in [0, 0.05) is 29.8 Å². The van der Waals surface area contributed by atoms with Crippen LogP contribution >= 0.6 is 0 Å². The van der Waals surface area contributed by atoms with Gasteiger partial charge in [0.15, 0.2) is 35.2 Å². The summed E-state index contributed by atoms with van der Waals surface area (Å²) in [4.78, 5) is 4.82. The van der Waals surface area contributed by atoms with E-state index in [-0.39, 0.29) is 23.6 Å². The van der Waals surface area contributed by atoms with Crippen molar-refractivity contribution < 1.29 is 29.9 Å². The Kier molecular flexibility index (Phi) is 5.13. The Hall–Kier alpha value is -3.18. The summed E-state index contributed by atoms with van der Waals surface area (Å²) in [5, 5.41) is 57.3. The van der Waals surface area contributed by atoms with E-state index in [0.717, 1.165) is 78.5 Å². The number of hydrogen-bond acceptors (Lipinski definition) is 10. The molecule has 5 aliphatic carbocycles. The van der Waals surface area contributed by atoms with Gasteiger partial charge in [-0.05, 0) is 114 Å². The Morgan fingerprint density at radius 2 is 1.28 bits per heavy atom. The topological polar surface area (TPSA) is 131 Å². The number of rotatable bonds is 3. The summed E-state index contributed by atoms with van der Waals surface area (Å²) in [5.74, 6) is 1.95. The molecule has 4 N–H and O–H groups in total. The number of hydrogen-bond donors (Lipinski definition) is 4. The van der Waals surface area contributed by atoms with Gasteiger partial charge in [-0.2, -0.15) is 10.2 Å². The fraction of sp³-hybridized carbons (Fsp3) is 0.622. The third-order valence-electron chi connectivity index (χ3n) is 14.4. The number of nitrogens with zero attached hydrogens (tertiary/aromatic N) is 4. The second-order valence-electron chi connectivity index (χ2n) is 16.2. The molecule has 10 heteroatoms. The highest BCUT2D eigenvalue weighted by Crippen LogP contribution is 2.66. The van der Waals surface area contributed by atoms with Gasteiger partial charge in [0.05, 0.1) is 33.5 Å². The van der Waals surface area contributed by atoms with Crippen molar-refractivity contribution in [1.29, 1.82) is 0 Å². The second kappa shape index (κ2) is 8.69. The number of phenolic OH excluding ortho intramolecular Hbond substituents is 2. The summed E-state index contributed by atoms with van der Waals surface area (Å²) in [7, 11) is 2.10. The number of likely N-dealkylation sites (tertiary alicyclic amines) is 2. The Morgan fingerprint density at radius 3 is 1.85 bits per heavy atom. The molecule has 9 aliphatic rings. The molecule has 2 spiro atoms. The van der Waals surface area contributed by atoms with Crippen LogP contribution in [0.15, 0.2) is 34.5 Å². The first-order chi connectivity index (χ1) is 22.7. The lowest BCUT2D eigenvalue weighted by atomic mass is 9.49. The Balaban J connectivity index is 1.02. The Bertz CT molecular complexity index is 1840. The summed E-state index contributed by atoms with van der Waals surface area (Å²) in [6.07, 6.45) is 6.64. The van der Waals surface area contributed by atoms with Gasteiger partial charge in [0.25, 0.3) is 0 Å². The maximum absolute atomic E-state index is 12.8. The molecule has 2 aromatic rings. The minimum atomic E-state index is -1.00. The number of aliphatic hydroxyl groups is 2. The molecule has 3 saturated carbocycles. The van der Waals surface area contributed by atoms with E-state index in [4.69, 9.17) is 19.7 Å². The van der Waals surface area contributed by atoms with Crippen molar-refractivity contribution in [2.45, 2.75) is 111 Å². The Morgan fingerprint density at radius 1 is 0.745 bits per heavy atom. The van der Waals surface area contributed by atoms with Gasteiger partial charge in [-0.15, -0.1) is 0 Å². The van der Waals surface area contributed by atoms with Gasteiger partial charge in [-0.25, -0.2) is 0 Å². The van der Waals surface area contributed by atoms with E-state index in [0.29, 0.717) is 43.6 Å². The minimum absolute atomic E-state index is 0.00451. The molecule has 2 saturated heterocycles. The average Bonchev–Trinajstić information content (AvgIpc) is 3.69. The molecule has 0 aromatic heterocycles. The van der Waals surface area contributed by atoms with E-state index in [2.05, 4.69) is 16.8 Å². The van der Waals surface area contributed by atoms with Gasteiger partial charge >= 0.3 is 0 Å². The molecule has 47 heavy (non-hydrogen) atoms. The van der Waals surface area contributed by atoms with Crippen LogP contribution < -0.4 is 9.47 Å². The fourth-order valence-corrected chi connectivity index (χ4v) is 12.2. The zero-order valence-electron chi connectivity index (χ0n) is 26.8. The van der Waals surface area contributed by atoms with E-state index in [1.807, 2.05) is 12.1 Å². The fourth-order valence-electron chi connectivity index (χ4n) is 12.2. The minimum Gasteiger partial charge on any atom is -0.504 e. The van der Waals surface area contributed by atoms with Gasteiger partial charge in [-0.3, -0.25) is 4.90 Å². The monoisotopic (exact) mass is 638 g/mol. The van der Waals surface area contributed by atoms with Gasteiger partial charge in [0.1, 0.15) is 0 Å². The van der Waals surface area contributed by atoms with E-state index in [9.17, 15) is 20.4 Å². The molecule has 11 rings (SSSR count). The molecule has 10 nitrogen and oxygen atoms in total. The second-order valence-corrected chi connectivity index (χ2v) is 16.2. The molecule has 2 aromatic carbocycles. The Labute approximate surface area is 273 Å². The van der Waals surface area contributed by atoms with Crippen LogP contribution in [0.2, 0.25) is 0 Å². The summed E-state index contributed by atoms with van der Waals surface area (Å²) < 4.78 is 13.4. The number of phenols is 2. The van der Waals surface area contributed by atoms with Crippen molar-refractivity contribution in [2.24, 2.45) is 16.1 Å². The van der Waals surface area contributed by atoms with Crippen molar-refractivity contribution in [1.82, 2.24) is 9.80 Å². The van der Waals surface area contributed by atoms with Gasteiger partial charge in [-0.1, -0.05) is 12.1 Å². The molecule has 5 fully saturated rings. The van der Waals surface area contributed by atoms with Crippen LogP contribution in [0.5, 0.6) is 23.0 Å². The summed E-state index contributed by atoms with van der Waals surface area (Å²) in [6, 6.07) is 7.45. The zero-order valence-corrected chi connectivity index (χ0v) is 26.8.